The van der Waals surface area contributed by atoms with Gasteiger partial charge in [-0.25, -0.2) is 4.68 Å². The first kappa shape index (κ1) is 11.7. The minimum Gasteiger partial charge on any atom is -0.379 e. The molecule has 1 aliphatic heterocycles. The van der Waals surface area contributed by atoms with Crippen LogP contribution in [0.25, 0.3) is 11.0 Å². The van der Waals surface area contributed by atoms with E-state index in [1.807, 2.05) is 0 Å². The Morgan fingerprint density at radius 1 is 1.56 bits per heavy atom. The highest BCUT2D eigenvalue weighted by atomic mass is 35.5. The molecular formula is C11H13ClN4O2. The first-order valence-corrected chi connectivity index (χ1v) is 6.24. The fraction of sp³-hybridized carbons (Fsp3) is 0.545. The molecule has 1 saturated heterocycles. The number of hydrogen-bond donors (Lipinski definition) is 0. The number of nitrogens with zero attached hydrogens (tertiary/aromatic N) is 4. The maximum atomic E-state index is 12.0. The zero-order valence-corrected chi connectivity index (χ0v) is 10.7. The molecule has 7 heteroatoms. The second-order valence-electron chi connectivity index (χ2n) is 4.44. The largest absolute Gasteiger partial charge is 0.379 e. The number of halogens is 1. The molecular weight excluding hydrogens is 256 g/mol. The van der Waals surface area contributed by atoms with E-state index in [0.29, 0.717) is 17.6 Å². The van der Waals surface area contributed by atoms with Crippen molar-refractivity contribution in [3.05, 3.63) is 21.8 Å². The monoisotopic (exact) mass is 268 g/mol. The van der Waals surface area contributed by atoms with Crippen LogP contribution in [0.5, 0.6) is 0 Å². The molecule has 3 rings (SSSR count). The van der Waals surface area contributed by atoms with Gasteiger partial charge in [0.25, 0.3) is 5.56 Å². The molecule has 0 amide bonds. The zero-order chi connectivity index (χ0) is 12.7. The van der Waals surface area contributed by atoms with Crippen LogP contribution in [-0.2, 0) is 11.8 Å². The Morgan fingerprint density at radius 3 is 3.11 bits per heavy atom. The van der Waals surface area contributed by atoms with Gasteiger partial charge in [0.05, 0.1) is 18.8 Å². The molecule has 2 aromatic heterocycles. The zero-order valence-electron chi connectivity index (χ0n) is 9.97. The average Bonchev–Trinajstić information content (AvgIpc) is 2.81. The van der Waals surface area contributed by atoms with E-state index in [2.05, 4.69) is 10.1 Å². The Hall–Kier alpha value is -1.40. The Morgan fingerprint density at radius 2 is 2.39 bits per heavy atom. The van der Waals surface area contributed by atoms with Crippen molar-refractivity contribution in [2.75, 3.05) is 13.2 Å². The predicted molar refractivity (Wildman–Crippen MR) is 66.9 cm³/mol. The lowest BCUT2D eigenvalue weighted by Gasteiger charge is -2.22. The van der Waals surface area contributed by atoms with Crippen LogP contribution in [0.2, 0.25) is 5.28 Å². The summed E-state index contributed by atoms with van der Waals surface area (Å²) in [5, 5.41) is 4.93. The fourth-order valence-corrected chi connectivity index (χ4v) is 2.39. The van der Waals surface area contributed by atoms with Gasteiger partial charge in [0, 0.05) is 13.7 Å². The Bertz CT molecular complexity index is 642. The maximum Gasteiger partial charge on any atom is 0.265 e. The van der Waals surface area contributed by atoms with Gasteiger partial charge >= 0.3 is 0 Å². The molecule has 0 radical (unpaired) electrons. The van der Waals surface area contributed by atoms with Crippen LogP contribution >= 0.6 is 11.6 Å². The molecule has 6 nitrogen and oxygen atoms in total. The lowest BCUT2D eigenvalue weighted by molar-refractivity contribution is 0.0563. The molecule has 0 aliphatic carbocycles. The first-order chi connectivity index (χ1) is 8.68. The molecule has 3 heterocycles. The van der Waals surface area contributed by atoms with Gasteiger partial charge in [0.1, 0.15) is 5.39 Å². The highest BCUT2D eigenvalue weighted by Crippen LogP contribution is 2.22. The summed E-state index contributed by atoms with van der Waals surface area (Å²) in [5.41, 5.74) is 0.367. The van der Waals surface area contributed by atoms with E-state index in [1.165, 1.54) is 4.57 Å². The summed E-state index contributed by atoms with van der Waals surface area (Å²) < 4.78 is 8.50. The number of rotatable bonds is 1. The van der Waals surface area contributed by atoms with E-state index in [4.69, 9.17) is 16.3 Å². The third-order valence-electron chi connectivity index (χ3n) is 3.26. The second-order valence-corrected chi connectivity index (χ2v) is 4.78. The summed E-state index contributed by atoms with van der Waals surface area (Å²) in [5.74, 6) is 0. The Labute approximate surface area is 108 Å². The Balaban J connectivity index is 2.17. The smallest absolute Gasteiger partial charge is 0.265 e. The molecule has 1 aliphatic rings. The van der Waals surface area contributed by atoms with E-state index >= 15 is 0 Å². The second kappa shape index (κ2) is 4.37. The van der Waals surface area contributed by atoms with Gasteiger partial charge in [-0.1, -0.05) is 0 Å². The first-order valence-electron chi connectivity index (χ1n) is 5.86. The summed E-state index contributed by atoms with van der Waals surface area (Å²) >= 11 is 5.94. The van der Waals surface area contributed by atoms with Gasteiger partial charge in [0.15, 0.2) is 5.65 Å². The average molecular weight is 269 g/mol. The van der Waals surface area contributed by atoms with Gasteiger partial charge in [-0.3, -0.25) is 9.36 Å². The summed E-state index contributed by atoms with van der Waals surface area (Å²) in [6.07, 6.45) is 3.52. The summed E-state index contributed by atoms with van der Waals surface area (Å²) in [6, 6.07) is 0.131. The quantitative estimate of drug-likeness (QED) is 0.728. The number of aromatic nitrogens is 4. The van der Waals surface area contributed by atoms with Gasteiger partial charge in [-0.2, -0.15) is 10.1 Å². The lowest BCUT2D eigenvalue weighted by atomic mass is 10.1. The molecule has 0 unspecified atom stereocenters. The molecule has 0 N–H and O–H groups in total. The summed E-state index contributed by atoms with van der Waals surface area (Å²) in [6.45, 7) is 1.39. The van der Waals surface area contributed by atoms with Gasteiger partial charge in [-0.15, -0.1) is 0 Å². The van der Waals surface area contributed by atoms with Crippen LogP contribution in [0.4, 0.5) is 0 Å². The summed E-state index contributed by atoms with van der Waals surface area (Å²) in [7, 11) is 1.60. The van der Waals surface area contributed by atoms with Crippen molar-refractivity contribution in [2.24, 2.45) is 7.05 Å². The van der Waals surface area contributed by atoms with Crippen molar-refractivity contribution in [1.29, 1.82) is 0 Å². The highest BCUT2D eigenvalue weighted by Gasteiger charge is 2.21. The number of hydrogen-bond acceptors (Lipinski definition) is 4. The summed E-state index contributed by atoms with van der Waals surface area (Å²) in [4.78, 5) is 16.2. The maximum absolute atomic E-state index is 12.0. The van der Waals surface area contributed by atoms with Crippen LogP contribution in [0.3, 0.4) is 0 Å². The SMILES string of the molecule is Cn1c(Cl)nc2c(cnn2[C@@H]2CCCOC2)c1=O. The van der Waals surface area contributed by atoms with Crippen molar-refractivity contribution in [3.8, 4) is 0 Å². The lowest BCUT2D eigenvalue weighted by Crippen LogP contribution is -2.23. The van der Waals surface area contributed by atoms with E-state index in [0.717, 1.165) is 19.4 Å². The van der Waals surface area contributed by atoms with Crippen LogP contribution in [0, 0.1) is 0 Å². The predicted octanol–water partition coefficient (Wildman–Crippen LogP) is 1.13. The Kier molecular flexibility index (Phi) is 2.83. The van der Waals surface area contributed by atoms with Gasteiger partial charge < -0.3 is 4.74 Å². The molecule has 2 aromatic rings. The molecule has 1 atom stereocenters. The molecule has 0 spiro atoms. The van der Waals surface area contributed by atoms with Crippen LogP contribution in [0.15, 0.2) is 11.0 Å². The normalized spacial score (nSPS) is 20.4. The molecule has 0 bridgehead atoms. The minimum atomic E-state index is -0.173. The number of fused-ring (bicyclic) bond motifs is 1. The molecule has 18 heavy (non-hydrogen) atoms. The van der Waals surface area contributed by atoms with Crippen LogP contribution < -0.4 is 5.56 Å². The van der Waals surface area contributed by atoms with Crippen molar-refractivity contribution in [3.63, 3.8) is 0 Å². The topological polar surface area (TPSA) is 61.9 Å². The van der Waals surface area contributed by atoms with E-state index in [-0.39, 0.29) is 16.9 Å². The fourth-order valence-electron chi connectivity index (χ4n) is 2.23. The van der Waals surface area contributed by atoms with Gasteiger partial charge in [0.2, 0.25) is 5.28 Å². The molecule has 0 saturated carbocycles. The highest BCUT2D eigenvalue weighted by molar-refractivity contribution is 6.28. The van der Waals surface area contributed by atoms with Crippen molar-refractivity contribution in [2.45, 2.75) is 18.9 Å². The molecule has 0 aromatic carbocycles. The standard InChI is InChI=1S/C11H13ClN4O2/c1-15-10(17)8-5-13-16(9(8)14-11(15)12)7-3-2-4-18-6-7/h5,7H,2-4,6H2,1H3/t7-/m1/s1. The van der Waals surface area contributed by atoms with Crippen LogP contribution in [-0.4, -0.2) is 32.5 Å². The van der Waals surface area contributed by atoms with Crippen molar-refractivity contribution < 1.29 is 4.74 Å². The third-order valence-corrected chi connectivity index (χ3v) is 3.60. The third kappa shape index (κ3) is 1.72. The molecule has 96 valence electrons. The van der Waals surface area contributed by atoms with E-state index in [9.17, 15) is 4.79 Å². The number of ether oxygens (including phenoxy) is 1. The van der Waals surface area contributed by atoms with E-state index in [1.54, 1.807) is 17.9 Å². The minimum absolute atomic E-state index is 0.131. The van der Waals surface area contributed by atoms with E-state index < -0.39 is 0 Å². The molecule has 1 fully saturated rings. The van der Waals surface area contributed by atoms with Crippen LogP contribution in [0.1, 0.15) is 18.9 Å². The van der Waals surface area contributed by atoms with Crippen molar-refractivity contribution >= 4 is 22.6 Å². The van der Waals surface area contributed by atoms with Crippen molar-refractivity contribution in [1.82, 2.24) is 19.3 Å². The van der Waals surface area contributed by atoms with Gasteiger partial charge in [-0.05, 0) is 24.4 Å².